The fourth-order valence-corrected chi connectivity index (χ4v) is 5.61. The summed E-state index contributed by atoms with van der Waals surface area (Å²) >= 11 is 0. The number of aromatic amines is 2. The van der Waals surface area contributed by atoms with Gasteiger partial charge in [-0.2, -0.15) is 5.10 Å². The first-order valence-electron chi connectivity index (χ1n) is 13.7. The fraction of sp³-hybridized carbons (Fsp3) is 0.194. The number of hydrogen-bond acceptors (Lipinski definition) is 7. The second-order valence-electron chi connectivity index (χ2n) is 10.5. The van der Waals surface area contributed by atoms with Crippen LogP contribution < -0.4 is 5.32 Å². The maximum Gasteiger partial charge on any atom is 0.224 e. The first-order chi connectivity index (χ1) is 20.7. The summed E-state index contributed by atoms with van der Waals surface area (Å²) in [5.41, 5.74) is 6.58. The van der Waals surface area contributed by atoms with Crippen molar-refractivity contribution in [3.8, 4) is 33.8 Å². The van der Waals surface area contributed by atoms with Gasteiger partial charge in [-0.3, -0.25) is 14.9 Å². The quantitative estimate of drug-likeness (QED) is 0.194. The lowest BCUT2D eigenvalue weighted by atomic mass is 10.0. The molecule has 2 aromatic carbocycles. The van der Waals surface area contributed by atoms with Crippen LogP contribution in [0.2, 0.25) is 0 Å². The van der Waals surface area contributed by atoms with Crippen LogP contribution in [0.25, 0.3) is 55.8 Å². The fourth-order valence-electron chi connectivity index (χ4n) is 5.01. The van der Waals surface area contributed by atoms with Crippen molar-refractivity contribution in [2.45, 2.75) is 26.2 Å². The number of amides is 1. The number of sulfone groups is 1. The summed E-state index contributed by atoms with van der Waals surface area (Å²) in [7, 11) is -3.20. The molecule has 0 aliphatic heterocycles. The van der Waals surface area contributed by atoms with Gasteiger partial charge >= 0.3 is 0 Å². The monoisotopic (exact) mass is 597 g/mol. The van der Waals surface area contributed by atoms with Gasteiger partial charge in [0.25, 0.3) is 0 Å². The molecule has 0 spiro atoms. The minimum absolute atomic E-state index is 0.0599. The van der Waals surface area contributed by atoms with E-state index in [1.807, 2.05) is 31.2 Å². The summed E-state index contributed by atoms with van der Waals surface area (Å²) in [6, 6.07) is 14.0. The van der Waals surface area contributed by atoms with Gasteiger partial charge in [-0.15, -0.1) is 0 Å². The highest BCUT2D eigenvalue weighted by Crippen LogP contribution is 2.33. The van der Waals surface area contributed by atoms with E-state index in [0.717, 1.165) is 34.7 Å². The molecule has 0 aliphatic rings. The van der Waals surface area contributed by atoms with Crippen LogP contribution in [0.15, 0.2) is 67.1 Å². The Hall–Kier alpha value is -4.97. The number of nitrogens with zero attached hydrogens (tertiary/aromatic N) is 4. The van der Waals surface area contributed by atoms with E-state index in [0.29, 0.717) is 51.5 Å². The van der Waals surface area contributed by atoms with Crippen LogP contribution in [-0.4, -0.2) is 56.5 Å². The van der Waals surface area contributed by atoms with E-state index in [4.69, 9.17) is 0 Å². The Labute approximate surface area is 246 Å². The van der Waals surface area contributed by atoms with Crippen molar-refractivity contribution in [1.82, 2.24) is 30.1 Å². The largest absolute Gasteiger partial charge is 0.335 e. The number of imidazole rings is 1. The molecule has 4 heterocycles. The molecule has 43 heavy (non-hydrogen) atoms. The molecule has 6 rings (SSSR count). The molecule has 0 radical (unpaired) electrons. The Kier molecular flexibility index (Phi) is 7.45. The van der Waals surface area contributed by atoms with Gasteiger partial charge in [-0.25, -0.2) is 22.8 Å². The first-order valence-corrected chi connectivity index (χ1v) is 15.8. The van der Waals surface area contributed by atoms with Crippen LogP contribution in [-0.2, 0) is 21.1 Å². The average Bonchev–Trinajstić information content (AvgIpc) is 3.59. The average molecular weight is 598 g/mol. The normalized spacial score (nSPS) is 11.8. The minimum Gasteiger partial charge on any atom is -0.335 e. The number of aromatic nitrogens is 6. The highest BCUT2D eigenvalue weighted by atomic mass is 32.2. The number of nitrogens with one attached hydrogen (secondary N) is 3. The number of hydrogen-bond donors (Lipinski definition) is 3. The lowest BCUT2D eigenvalue weighted by Crippen LogP contribution is -2.10. The van der Waals surface area contributed by atoms with E-state index in [1.165, 1.54) is 12.1 Å². The van der Waals surface area contributed by atoms with E-state index >= 15 is 0 Å². The number of fused-ring (bicyclic) bond motifs is 2. The number of aryl methyl sites for hydroxylation is 1. The second-order valence-corrected chi connectivity index (χ2v) is 12.7. The molecule has 1 amide bonds. The molecule has 0 unspecified atom stereocenters. The summed E-state index contributed by atoms with van der Waals surface area (Å²) in [5, 5.41) is 11.3. The number of anilines is 1. The van der Waals surface area contributed by atoms with Gasteiger partial charge in [0, 0.05) is 41.6 Å². The maximum absolute atomic E-state index is 14.6. The van der Waals surface area contributed by atoms with Crippen molar-refractivity contribution >= 4 is 43.5 Å². The molecule has 0 saturated carbocycles. The number of rotatable bonds is 9. The van der Waals surface area contributed by atoms with Gasteiger partial charge in [0.2, 0.25) is 5.91 Å². The Bertz CT molecular complexity index is 2100. The number of H-pyrrole nitrogens is 2. The summed E-state index contributed by atoms with van der Waals surface area (Å²) in [4.78, 5) is 28.8. The smallest absolute Gasteiger partial charge is 0.224 e. The molecule has 0 atom stereocenters. The maximum atomic E-state index is 14.6. The molecule has 0 bridgehead atoms. The zero-order valence-electron chi connectivity index (χ0n) is 23.5. The van der Waals surface area contributed by atoms with Crippen molar-refractivity contribution in [3.05, 3.63) is 78.5 Å². The first kappa shape index (κ1) is 28.2. The van der Waals surface area contributed by atoms with Gasteiger partial charge in [0.05, 0.1) is 28.7 Å². The van der Waals surface area contributed by atoms with Crippen molar-refractivity contribution in [2.75, 3.05) is 17.3 Å². The summed E-state index contributed by atoms with van der Waals surface area (Å²) in [6.07, 6.45) is 7.51. The third kappa shape index (κ3) is 6.14. The predicted octanol–water partition coefficient (Wildman–Crippen LogP) is 5.70. The van der Waals surface area contributed by atoms with Crippen molar-refractivity contribution < 1.29 is 17.6 Å². The van der Waals surface area contributed by atoms with Crippen LogP contribution in [0.5, 0.6) is 0 Å². The van der Waals surface area contributed by atoms with Crippen LogP contribution in [0.3, 0.4) is 0 Å². The topological polar surface area (TPSA) is 146 Å². The van der Waals surface area contributed by atoms with Crippen LogP contribution in [0, 0.1) is 5.82 Å². The second kappa shape index (κ2) is 11.4. The number of halogens is 1. The number of carbonyl (C=O) groups is 1. The van der Waals surface area contributed by atoms with Gasteiger partial charge < -0.3 is 10.3 Å². The molecule has 0 saturated heterocycles. The zero-order chi connectivity index (χ0) is 30.1. The minimum atomic E-state index is -3.20. The van der Waals surface area contributed by atoms with Crippen LogP contribution in [0.4, 0.5) is 10.1 Å². The molecule has 10 nitrogen and oxygen atoms in total. The molecular weight excluding hydrogens is 569 g/mol. The van der Waals surface area contributed by atoms with Gasteiger partial charge in [-0.05, 0) is 65.9 Å². The highest BCUT2D eigenvalue weighted by molar-refractivity contribution is 7.90. The lowest BCUT2D eigenvalue weighted by Gasteiger charge is -2.07. The standard InChI is InChI=1S/C31H28FN7O3S/c1-3-4-27(40)35-23-14-21(16-33-17-23)19-5-6-26-25(15-19)29(39-38-26)31-36-28-24(7-9-34-30(28)37-31)20-11-18(12-22(32)13-20)8-10-43(2,41)42/h5-7,9,11-17H,3-4,8,10H2,1-2H3,(H,35,40)(H,38,39)(H,34,36,37). The Balaban J connectivity index is 1.37. The van der Waals surface area contributed by atoms with Crippen molar-refractivity contribution in [2.24, 2.45) is 0 Å². The van der Waals surface area contributed by atoms with E-state index < -0.39 is 15.7 Å². The molecule has 0 fully saturated rings. The summed E-state index contributed by atoms with van der Waals surface area (Å²) in [5.74, 6) is -0.112. The summed E-state index contributed by atoms with van der Waals surface area (Å²) < 4.78 is 37.9. The SMILES string of the molecule is CCCC(=O)Nc1cncc(-c2ccc3[nH]nc(-c4nc5nccc(-c6cc(F)cc(CCS(C)(=O)=O)c6)c5[nH]4)c3c2)c1. The molecule has 12 heteroatoms. The molecule has 218 valence electrons. The van der Waals surface area contributed by atoms with Gasteiger partial charge in [0.1, 0.15) is 21.3 Å². The lowest BCUT2D eigenvalue weighted by molar-refractivity contribution is -0.116. The van der Waals surface area contributed by atoms with E-state index in [1.54, 1.807) is 30.7 Å². The van der Waals surface area contributed by atoms with E-state index in [2.05, 4.69) is 35.5 Å². The van der Waals surface area contributed by atoms with Gasteiger partial charge in [0.15, 0.2) is 11.5 Å². The Morgan fingerprint density at radius 3 is 2.70 bits per heavy atom. The van der Waals surface area contributed by atoms with Gasteiger partial charge in [-0.1, -0.05) is 19.1 Å². The number of benzene rings is 2. The Morgan fingerprint density at radius 1 is 1.02 bits per heavy atom. The third-order valence-electron chi connectivity index (χ3n) is 7.04. The van der Waals surface area contributed by atoms with Crippen molar-refractivity contribution in [1.29, 1.82) is 0 Å². The zero-order valence-corrected chi connectivity index (χ0v) is 24.3. The van der Waals surface area contributed by atoms with Crippen LogP contribution >= 0.6 is 0 Å². The predicted molar refractivity (Wildman–Crippen MR) is 165 cm³/mol. The Morgan fingerprint density at radius 2 is 1.88 bits per heavy atom. The van der Waals surface area contributed by atoms with Crippen LogP contribution in [0.1, 0.15) is 25.3 Å². The van der Waals surface area contributed by atoms with E-state index in [-0.39, 0.29) is 18.1 Å². The molecule has 6 aromatic rings. The molecule has 3 N–H and O–H groups in total. The van der Waals surface area contributed by atoms with E-state index in [9.17, 15) is 17.6 Å². The molecule has 4 aromatic heterocycles. The van der Waals surface area contributed by atoms with Crippen molar-refractivity contribution in [3.63, 3.8) is 0 Å². The molecule has 0 aliphatic carbocycles. The molecular formula is C31H28FN7O3S. The highest BCUT2D eigenvalue weighted by Gasteiger charge is 2.17. The third-order valence-corrected chi connectivity index (χ3v) is 7.99. The number of pyridine rings is 2. The summed E-state index contributed by atoms with van der Waals surface area (Å²) in [6.45, 7) is 1.95. The number of carbonyl (C=O) groups excluding carboxylic acids is 1.